The van der Waals surface area contributed by atoms with Crippen molar-refractivity contribution >= 4 is 38.8 Å². The van der Waals surface area contributed by atoms with Crippen LogP contribution < -0.4 is 5.32 Å². The zero-order valence-corrected chi connectivity index (χ0v) is 15.9. The summed E-state index contributed by atoms with van der Waals surface area (Å²) >= 11 is 1.33. The minimum absolute atomic E-state index is 0.0603. The minimum atomic E-state index is -2.99. The van der Waals surface area contributed by atoms with Crippen LogP contribution in [0.3, 0.4) is 0 Å². The molecule has 0 unspecified atom stereocenters. The molecule has 2 fully saturated rings. The highest BCUT2D eigenvalue weighted by molar-refractivity contribution is 8.15. The van der Waals surface area contributed by atoms with Gasteiger partial charge in [0.2, 0.25) is 5.91 Å². The molecule has 1 N–H and O–H groups in total. The number of nitrogens with zero attached hydrogens (tertiary/aromatic N) is 2. The molecule has 2 saturated heterocycles. The van der Waals surface area contributed by atoms with E-state index in [-0.39, 0.29) is 41.7 Å². The zero-order chi connectivity index (χ0) is 18.1. The predicted octanol–water partition coefficient (Wildman–Crippen LogP) is 0.628. The van der Waals surface area contributed by atoms with Crippen LogP contribution in [0.4, 0.5) is 4.79 Å². The van der Waals surface area contributed by atoms with Gasteiger partial charge in [0.1, 0.15) is 5.60 Å². The Kier molecular flexibility index (Phi) is 5.48. The van der Waals surface area contributed by atoms with Gasteiger partial charge in [-0.15, -0.1) is 0 Å². The quantitative estimate of drug-likeness (QED) is 0.769. The number of ether oxygens (including phenoxy) is 1. The van der Waals surface area contributed by atoms with E-state index in [0.717, 1.165) is 0 Å². The molecule has 2 amide bonds. The highest BCUT2D eigenvalue weighted by Gasteiger charge is 2.47. The lowest BCUT2D eigenvalue weighted by Crippen LogP contribution is -2.34. The Morgan fingerprint density at radius 1 is 1.38 bits per heavy atom. The summed E-state index contributed by atoms with van der Waals surface area (Å²) in [7, 11) is -1.24. The van der Waals surface area contributed by atoms with Crippen molar-refractivity contribution in [3.05, 3.63) is 0 Å². The van der Waals surface area contributed by atoms with E-state index in [9.17, 15) is 18.0 Å². The third-order valence-electron chi connectivity index (χ3n) is 3.56. The van der Waals surface area contributed by atoms with Crippen LogP contribution >= 0.6 is 11.8 Å². The molecule has 2 aliphatic heterocycles. The summed E-state index contributed by atoms with van der Waals surface area (Å²) in [5.41, 5.74) is -0.588. The average molecular weight is 377 g/mol. The largest absolute Gasteiger partial charge is 0.444 e. The number of fused-ring (bicyclic) bond motifs is 1. The number of sulfone groups is 1. The molecule has 2 heterocycles. The number of amides is 2. The number of carbonyl (C=O) groups is 2. The van der Waals surface area contributed by atoms with Crippen LogP contribution in [-0.2, 0) is 19.4 Å². The second-order valence-corrected chi connectivity index (χ2v) is 10.2. The minimum Gasteiger partial charge on any atom is -0.444 e. The Morgan fingerprint density at radius 2 is 2.04 bits per heavy atom. The first-order valence-electron chi connectivity index (χ1n) is 7.65. The number of rotatable bonds is 3. The molecule has 0 aliphatic carbocycles. The third kappa shape index (κ3) is 5.10. The monoisotopic (exact) mass is 377 g/mol. The van der Waals surface area contributed by atoms with Crippen molar-refractivity contribution in [1.29, 1.82) is 0 Å². The Labute approximate surface area is 146 Å². The normalized spacial score (nSPS) is 27.2. The summed E-state index contributed by atoms with van der Waals surface area (Å²) in [4.78, 5) is 29.2. The van der Waals surface area contributed by atoms with Gasteiger partial charge in [0, 0.05) is 25.3 Å². The highest BCUT2D eigenvalue weighted by atomic mass is 32.2. The van der Waals surface area contributed by atoms with Crippen molar-refractivity contribution in [2.24, 2.45) is 4.99 Å². The van der Waals surface area contributed by atoms with E-state index in [1.807, 2.05) is 0 Å². The lowest BCUT2D eigenvalue weighted by Gasteiger charge is -2.19. The molecule has 2 rings (SSSR count). The zero-order valence-electron chi connectivity index (χ0n) is 14.2. The average Bonchev–Trinajstić information content (AvgIpc) is 2.82. The number of carbonyl (C=O) groups excluding carboxylic acids is 2. The SMILES string of the molecule is CN1C(=NC(=O)CCNC(=O)OC(C)(C)C)S[C@H]2CS(=O)(=O)C[C@H]21. The number of thioether (sulfide) groups is 1. The Balaban J connectivity index is 1.81. The van der Waals surface area contributed by atoms with Crippen LogP contribution in [0, 0.1) is 0 Å². The van der Waals surface area contributed by atoms with E-state index < -0.39 is 21.5 Å². The van der Waals surface area contributed by atoms with E-state index in [1.165, 1.54) is 11.8 Å². The Morgan fingerprint density at radius 3 is 2.62 bits per heavy atom. The maximum Gasteiger partial charge on any atom is 0.407 e. The lowest BCUT2D eigenvalue weighted by molar-refractivity contribution is -0.117. The molecule has 0 radical (unpaired) electrons. The molecule has 0 spiro atoms. The molecule has 0 aromatic rings. The summed E-state index contributed by atoms with van der Waals surface area (Å²) in [6.07, 6.45) is -0.514. The molecular formula is C14H23N3O5S2. The topological polar surface area (TPSA) is 105 Å². The first-order valence-corrected chi connectivity index (χ1v) is 10.4. The Hall–Kier alpha value is -1.29. The molecule has 0 bridgehead atoms. The van der Waals surface area contributed by atoms with Crippen molar-refractivity contribution in [3.63, 3.8) is 0 Å². The van der Waals surface area contributed by atoms with Crippen LogP contribution in [0.5, 0.6) is 0 Å². The first kappa shape index (κ1) is 19.0. The lowest BCUT2D eigenvalue weighted by atomic mass is 10.2. The van der Waals surface area contributed by atoms with Crippen LogP contribution in [0.2, 0.25) is 0 Å². The van der Waals surface area contributed by atoms with Gasteiger partial charge in [-0.25, -0.2) is 13.2 Å². The standard InChI is InChI=1S/C14H23N3O5S2/c1-14(2,3)22-13(19)15-6-5-11(18)16-12-17(4)9-7-24(20,21)8-10(9)23-12/h9-10H,5-8H2,1-4H3,(H,15,19)/t9-,10+/m1/s1. The van der Waals surface area contributed by atoms with E-state index in [1.54, 1.807) is 32.7 Å². The van der Waals surface area contributed by atoms with Gasteiger partial charge in [-0.1, -0.05) is 11.8 Å². The molecule has 0 aromatic carbocycles. The number of aliphatic imine (C=N–C) groups is 1. The fourth-order valence-corrected chi connectivity index (χ4v) is 6.50. The summed E-state index contributed by atoms with van der Waals surface area (Å²) in [6, 6.07) is -0.119. The summed E-state index contributed by atoms with van der Waals surface area (Å²) in [5, 5.41) is 2.99. The number of nitrogens with one attached hydrogen (secondary N) is 1. The van der Waals surface area contributed by atoms with Crippen LogP contribution in [0.1, 0.15) is 27.2 Å². The molecule has 8 nitrogen and oxygen atoms in total. The second kappa shape index (κ2) is 6.91. The third-order valence-corrected chi connectivity index (χ3v) is 6.86. The maximum atomic E-state index is 11.9. The van der Waals surface area contributed by atoms with Gasteiger partial charge in [0.05, 0.1) is 17.5 Å². The van der Waals surface area contributed by atoms with Gasteiger partial charge >= 0.3 is 6.09 Å². The van der Waals surface area contributed by atoms with Gasteiger partial charge in [0.25, 0.3) is 0 Å². The fourth-order valence-electron chi connectivity index (χ4n) is 2.48. The Bertz CT molecular complexity index is 654. The molecule has 136 valence electrons. The van der Waals surface area contributed by atoms with Crippen molar-refractivity contribution in [2.75, 3.05) is 25.1 Å². The molecule has 24 heavy (non-hydrogen) atoms. The maximum absolute atomic E-state index is 11.9. The number of alkyl carbamates (subject to hydrolysis) is 1. The summed E-state index contributed by atoms with van der Waals surface area (Å²) in [6.45, 7) is 5.41. The van der Waals surface area contributed by atoms with Crippen LogP contribution in [0.15, 0.2) is 4.99 Å². The van der Waals surface area contributed by atoms with Crippen LogP contribution in [0.25, 0.3) is 0 Å². The number of hydrogen-bond acceptors (Lipinski definition) is 6. The molecule has 10 heteroatoms. The molecule has 2 aliphatic rings. The van der Waals surface area contributed by atoms with Gasteiger partial charge in [-0.05, 0) is 20.8 Å². The summed E-state index contributed by atoms with van der Waals surface area (Å²) in [5.74, 6) is -0.127. The van der Waals surface area contributed by atoms with Crippen molar-refractivity contribution in [1.82, 2.24) is 10.2 Å². The van der Waals surface area contributed by atoms with Gasteiger partial charge < -0.3 is 15.0 Å². The van der Waals surface area contributed by atoms with Crippen molar-refractivity contribution < 1.29 is 22.7 Å². The molecular weight excluding hydrogens is 354 g/mol. The van der Waals surface area contributed by atoms with Gasteiger partial charge in [0.15, 0.2) is 15.0 Å². The van der Waals surface area contributed by atoms with E-state index in [4.69, 9.17) is 4.74 Å². The van der Waals surface area contributed by atoms with Crippen molar-refractivity contribution in [2.45, 2.75) is 44.1 Å². The van der Waals surface area contributed by atoms with Crippen molar-refractivity contribution in [3.8, 4) is 0 Å². The smallest absolute Gasteiger partial charge is 0.407 e. The van der Waals surface area contributed by atoms with Crippen LogP contribution in [-0.4, -0.2) is 72.5 Å². The molecule has 2 atom stereocenters. The first-order chi connectivity index (χ1) is 11.0. The molecule has 0 saturated carbocycles. The van der Waals surface area contributed by atoms with Gasteiger partial charge in [-0.2, -0.15) is 4.99 Å². The predicted molar refractivity (Wildman–Crippen MR) is 92.9 cm³/mol. The van der Waals surface area contributed by atoms with E-state index in [0.29, 0.717) is 5.17 Å². The molecule has 0 aromatic heterocycles. The van der Waals surface area contributed by atoms with E-state index in [2.05, 4.69) is 10.3 Å². The summed E-state index contributed by atoms with van der Waals surface area (Å²) < 4.78 is 28.3. The number of amidine groups is 1. The fraction of sp³-hybridized carbons (Fsp3) is 0.786. The highest BCUT2D eigenvalue weighted by Crippen LogP contribution is 2.36. The number of hydrogen-bond donors (Lipinski definition) is 1. The van der Waals surface area contributed by atoms with E-state index >= 15 is 0 Å². The second-order valence-electron chi connectivity index (χ2n) is 6.88. The van der Waals surface area contributed by atoms with Gasteiger partial charge in [-0.3, -0.25) is 4.79 Å².